The van der Waals surface area contributed by atoms with Crippen molar-refractivity contribution in [1.29, 1.82) is 0 Å². The largest absolute Gasteiger partial charge is 0.115 e. The van der Waals surface area contributed by atoms with Crippen LogP contribution in [0.1, 0.15) is 19.8 Å². The number of allylic oxidation sites excluding steroid dienone is 1. The summed E-state index contributed by atoms with van der Waals surface area (Å²) in [5.41, 5.74) is 0.905. The zero-order valence-electron chi connectivity index (χ0n) is 4.70. The molecular weight excluding hydrogens is 84.1 g/mol. The second-order valence-electron chi connectivity index (χ2n) is 1.50. The van der Waals surface area contributed by atoms with E-state index in [9.17, 15) is 0 Å². The summed E-state index contributed by atoms with van der Waals surface area (Å²) in [6.07, 6.45) is 7.08. The molecule has 0 nitrogen and oxygen atoms in total. The maximum atomic E-state index is 5.01. The molecule has 0 amide bonds. The van der Waals surface area contributed by atoms with Gasteiger partial charge >= 0.3 is 0 Å². The third-order valence-corrected chi connectivity index (χ3v) is 0.756. The third kappa shape index (κ3) is 3.12. The lowest BCUT2D eigenvalue weighted by molar-refractivity contribution is 0.936. The minimum absolute atomic E-state index is 0.905. The van der Waals surface area contributed by atoms with Crippen molar-refractivity contribution in [1.82, 2.24) is 0 Å². The molecule has 0 rings (SSSR count). The lowest BCUT2D eigenvalue weighted by atomic mass is 10.2. The second kappa shape index (κ2) is 3.49. The summed E-state index contributed by atoms with van der Waals surface area (Å²) in [6, 6.07) is 0. The van der Waals surface area contributed by atoms with Crippen LogP contribution in [0.2, 0.25) is 0 Å². The van der Waals surface area contributed by atoms with Gasteiger partial charge in [-0.2, -0.15) is 0 Å². The number of hydrogen-bond donors (Lipinski definition) is 0. The Morgan fingerprint density at radius 1 is 1.86 bits per heavy atom. The third-order valence-electron chi connectivity index (χ3n) is 0.756. The molecule has 0 aromatic heterocycles. The highest BCUT2D eigenvalue weighted by Gasteiger charge is 1.80. The maximum absolute atomic E-state index is 5.01. The van der Waals surface area contributed by atoms with Crippen molar-refractivity contribution < 1.29 is 0 Å². The van der Waals surface area contributed by atoms with Crippen LogP contribution in [0.15, 0.2) is 12.2 Å². The Kier molecular flexibility index (Phi) is 3.14. The van der Waals surface area contributed by atoms with E-state index in [1.165, 1.54) is 0 Å². The minimum atomic E-state index is 0.905. The van der Waals surface area contributed by atoms with Crippen LogP contribution >= 0.6 is 0 Å². The molecule has 7 heavy (non-hydrogen) atoms. The fraction of sp³-hybridized carbons (Fsp3) is 0.429. The molecule has 0 bridgehead atoms. The molecule has 0 unspecified atom stereocenters. The first-order valence-corrected chi connectivity index (χ1v) is 2.45. The molecule has 0 saturated carbocycles. The van der Waals surface area contributed by atoms with E-state index in [2.05, 4.69) is 19.4 Å². The summed E-state index contributed by atoms with van der Waals surface area (Å²) in [5, 5.41) is 0. The Balaban J connectivity index is 3.24. The topological polar surface area (TPSA) is 0 Å². The lowest BCUT2D eigenvalue weighted by Gasteiger charge is -1.86. The van der Waals surface area contributed by atoms with E-state index in [4.69, 9.17) is 6.42 Å². The number of rotatable bonds is 2. The van der Waals surface area contributed by atoms with Gasteiger partial charge in [0.15, 0.2) is 0 Å². The van der Waals surface area contributed by atoms with Crippen molar-refractivity contribution in [3.8, 4) is 12.3 Å². The van der Waals surface area contributed by atoms with Crippen LogP contribution in [0, 0.1) is 12.3 Å². The molecule has 0 aromatic carbocycles. The van der Waals surface area contributed by atoms with Crippen molar-refractivity contribution in [3.63, 3.8) is 0 Å². The van der Waals surface area contributed by atoms with E-state index >= 15 is 0 Å². The van der Waals surface area contributed by atoms with Gasteiger partial charge in [-0.15, -0.1) is 6.42 Å². The van der Waals surface area contributed by atoms with Crippen LogP contribution in [-0.4, -0.2) is 0 Å². The fourth-order valence-electron chi connectivity index (χ4n) is 0.374. The number of terminal acetylenes is 1. The van der Waals surface area contributed by atoms with E-state index in [1.807, 2.05) is 0 Å². The normalized spacial score (nSPS) is 7.43. The molecule has 0 aliphatic carbocycles. The van der Waals surface area contributed by atoms with Crippen molar-refractivity contribution in [2.75, 3.05) is 0 Å². The average Bonchev–Trinajstić information content (AvgIpc) is 1.68. The van der Waals surface area contributed by atoms with Crippen LogP contribution < -0.4 is 0 Å². The Morgan fingerprint density at radius 2 is 2.43 bits per heavy atom. The second-order valence-corrected chi connectivity index (χ2v) is 1.50. The Hall–Kier alpha value is -0.700. The zero-order chi connectivity index (χ0) is 5.70. The molecule has 0 radical (unpaired) electrons. The first-order chi connectivity index (χ1) is 3.31. The summed E-state index contributed by atoms with van der Waals surface area (Å²) in [5.74, 6) is 2.47. The van der Waals surface area contributed by atoms with E-state index in [1.54, 1.807) is 0 Å². The van der Waals surface area contributed by atoms with Crippen LogP contribution in [-0.2, 0) is 0 Å². The van der Waals surface area contributed by atoms with Gasteiger partial charge in [0, 0.05) is 0 Å². The maximum Gasteiger partial charge on any atom is -0.00543 e. The highest BCUT2D eigenvalue weighted by Crippen LogP contribution is 1.96. The Bertz CT molecular complexity index is 93.1. The quantitative estimate of drug-likeness (QED) is 0.459. The van der Waals surface area contributed by atoms with Gasteiger partial charge in [0.1, 0.15) is 0 Å². The molecule has 0 spiro atoms. The highest BCUT2D eigenvalue weighted by molar-refractivity contribution is 5.20. The Labute approximate surface area is 45.2 Å². The van der Waals surface area contributed by atoms with Crippen LogP contribution in [0.5, 0.6) is 0 Å². The van der Waals surface area contributed by atoms with E-state index < -0.39 is 0 Å². The minimum Gasteiger partial charge on any atom is -0.115 e. The van der Waals surface area contributed by atoms with Gasteiger partial charge in [-0.25, -0.2) is 0 Å². The van der Waals surface area contributed by atoms with E-state index in [0.29, 0.717) is 0 Å². The Morgan fingerprint density at radius 3 is 2.57 bits per heavy atom. The first-order valence-electron chi connectivity index (χ1n) is 2.45. The predicted octanol–water partition coefficient (Wildman–Crippen LogP) is 1.98. The zero-order valence-corrected chi connectivity index (χ0v) is 4.70. The molecule has 0 saturated heterocycles. The SMILES string of the molecule is C#CC(=C)CCC. The highest BCUT2D eigenvalue weighted by atomic mass is 13.8. The fourth-order valence-corrected chi connectivity index (χ4v) is 0.374. The van der Waals surface area contributed by atoms with E-state index in [0.717, 1.165) is 18.4 Å². The van der Waals surface area contributed by atoms with Crippen LogP contribution in [0.25, 0.3) is 0 Å². The first kappa shape index (κ1) is 6.30. The summed E-state index contributed by atoms with van der Waals surface area (Å²) in [4.78, 5) is 0. The van der Waals surface area contributed by atoms with Crippen molar-refractivity contribution in [2.45, 2.75) is 19.8 Å². The van der Waals surface area contributed by atoms with Gasteiger partial charge in [0.05, 0.1) is 0 Å². The monoisotopic (exact) mass is 94.1 g/mol. The van der Waals surface area contributed by atoms with Gasteiger partial charge < -0.3 is 0 Å². The summed E-state index contributed by atoms with van der Waals surface area (Å²) in [7, 11) is 0. The van der Waals surface area contributed by atoms with Gasteiger partial charge in [-0.3, -0.25) is 0 Å². The van der Waals surface area contributed by atoms with Crippen LogP contribution in [0.4, 0.5) is 0 Å². The number of hydrogen-bond acceptors (Lipinski definition) is 0. The van der Waals surface area contributed by atoms with Gasteiger partial charge in [0.2, 0.25) is 0 Å². The molecule has 0 aromatic rings. The van der Waals surface area contributed by atoms with Gasteiger partial charge in [0.25, 0.3) is 0 Å². The molecule has 0 fully saturated rings. The van der Waals surface area contributed by atoms with Crippen molar-refractivity contribution in [3.05, 3.63) is 12.2 Å². The molecule has 0 atom stereocenters. The summed E-state index contributed by atoms with van der Waals surface area (Å²) < 4.78 is 0. The molecule has 0 N–H and O–H groups in total. The van der Waals surface area contributed by atoms with Crippen molar-refractivity contribution in [2.24, 2.45) is 0 Å². The van der Waals surface area contributed by atoms with Crippen LogP contribution in [0.3, 0.4) is 0 Å². The molecule has 0 heterocycles. The van der Waals surface area contributed by atoms with Gasteiger partial charge in [-0.1, -0.05) is 25.8 Å². The molecule has 0 aliphatic rings. The summed E-state index contributed by atoms with van der Waals surface area (Å²) in [6.45, 7) is 5.71. The molecule has 38 valence electrons. The standard InChI is InChI=1S/C7H10/c1-4-6-7(3)5-2/h2H,3-4,6H2,1H3. The van der Waals surface area contributed by atoms with E-state index in [-0.39, 0.29) is 0 Å². The molecule has 0 aliphatic heterocycles. The average molecular weight is 94.2 g/mol. The molecule has 0 heteroatoms. The predicted molar refractivity (Wildman–Crippen MR) is 32.9 cm³/mol. The summed E-state index contributed by atoms with van der Waals surface area (Å²) >= 11 is 0. The van der Waals surface area contributed by atoms with Crippen molar-refractivity contribution >= 4 is 0 Å². The lowest BCUT2D eigenvalue weighted by Crippen LogP contribution is -1.70. The smallest absolute Gasteiger partial charge is 0.00543 e. The molecular formula is C7H10. The van der Waals surface area contributed by atoms with Gasteiger partial charge in [-0.05, 0) is 12.0 Å².